The first-order valence-electron chi connectivity index (χ1n) is 7.02. The maximum absolute atomic E-state index is 4.30. The van der Waals surface area contributed by atoms with E-state index in [1.165, 1.54) is 25.7 Å². The fraction of sp³-hybridized carbons (Fsp3) is 0.938. The maximum atomic E-state index is 4.30. The van der Waals surface area contributed by atoms with Gasteiger partial charge < -0.3 is 0 Å². The van der Waals surface area contributed by atoms with E-state index in [9.17, 15) is 0 Å². The van der Waals surface area contributed by atoms with E-state index in [0.717, 1.165) is 5.92 Å². The topological polar surface area (TPSA) is 0 Å². The first kappa shape index (κ1) is 16.0. The molecule has 0 amide bonds. The van der Waals surface area contributed by atoms with E-state index in [1.54, 1.807) is 0 Å². The van der Waals surface area contributed by atoms with Crippen LogP contribution in [-0.4, -0.2) is 0 Å². The van der Waals surface area contributed by atoms with Crippen molar-refractivity contribution in [2.24, 2.45) is 22.7 Å². The van der Waals surface area contributed by atoms with E-state index in [2.05, 4.69) is 55.4 Å². The molecule has 0 aromatic rings. The van der Waals surface area contributed by atoms with Gasteiger partial charge in [-0.1, -0.05) is 61.3 Å². The van der Waals surface area contributed by atoms with Gasteiger partial charge in [-0.05, 0) is 42.4 Å². The molecular formula is C16H33. The van der Waals surface area contributed by atoms with Gasteiger partial charge in [0.05, 0.1) is 0 Å². The largest absolute Gasteiger partial charge is 0.0651 e. The van der Waals surface area contributed by atoms with Gasteiger partial charge in [-0.15, -0.1) is 0 Å². The van der Waals surface area contributed by atoms with Gasteiger partial charge in [0.25, 0.3) is 0 Å². The minimum atomic E-state index is 0.389. The third-order valence-electron chi connectivity index (χ3n) is 5.14. The molecular weight excluding hydrogens is 192 g/mol. The summed E-state index contributed by atoms with van der Waals surface area (Å²) in [5, 5.41) is 0. The zero-order valence-corrected chi connectivity index (χ0v) is 12.7. The van der Waals surface area contributed by atoms with Gasteiger partial charge in [-0.2, -0.15) is 0 Å². The van der Waals surface area contributed by atoms with Gasteiger partial charge in [0.15, 0.2) is 0 Å². The van der Waals surface area contributed by atoms with Gasteiger partial charge in [0.1, 0.15) is 0 Å². The average molecular weight is 225 g/mol. The zero-order chi connectivity index (χ0) is 13.0. The van der Waals surface area contributed by atoms with E-state index in [0.29, 0.717) is 16.7 Å². The first-order chi connectivity index (χ1) is 7.19. The first-order valence-corrected chi connectivity index (χ1v) is 7.02. The summed E-state index contributed by atoms with van der Waals surface area (Å²) in [6.07, 6.45) is 5.11. The predicted molar refractivity (Wildman–Crippen MR) is 75.4 cm³/mol. The number of hydrogen-bond donors (Lipinski definition) is 0. The predicted octanol–water partition coefficient (Wildman–Crippen LogP) is 5.73. The summed E-state index contributed by atoms with van der Waals surface area (Å²) in [5.41, 5.74) is 0.894. The lowest BCUT2D eigenvalue weighted by atomic mass is 9.67. The van der Waals surface area contributed by atoms with E-state index < -0.39 is 0 Å². The van der Waals surface area contributed by atoms with E-state index in [1.807, 2.05) is 0 Å². The highest BCUT2D eigenvalue weighted by molar-refractivity contribution is 4.84. The molecule has 16 heavy (non-hydrogen) atoms. The number of rotatable bonds is 7. The highest BCUT2D eigenvalue weighted by atomic mass is 14.4. The summed E-state index contributed by atoms with van der Waals surface area (Å²) in [5.74, 6) is 1.36. The molecule has 0 N–H and O–H groups in total. The standard InChI is InChI=1S/C16H33/c1-9-14(5)15(6,7)11-12-16(8,10-2)13(3)4/h13-14H,5,9-12H2,1-4,6-8H3. The molecule has 0 heteroatoms. The third kappa shape index (κ3) is 4.11. The summed E-state index contributed by atoms with van der Waals surface area (Å²) < 4.78 is 0. The minimum absolute atomic E-state index is 0.389. The highest BCUT2D eigenvalue weighted by Crippen LogP contribution is 2.42. The Bertz CT molecular complexity index is 190. The lowest BCUT2D eigenvalue weighted by Crippen LogP contribution is -2.28. The Morgan fingerprint density at radius 2 is 1.50 bits per heavy atom. The van der Waals surface area contributed by atoms with Crippen molar-refractivity contribution in [1.29, 1.82) is 0 Å². The summed E-state index contributed by atoms with van der Waals surface area (Å²) >= 11 is 0. The number of hydrogen-bond acceptors (Lipinski definition) is 0. The van der Waals surface area contributed by atoms with Crippen LogP contribution in [0.25, 0.3) is 0 Å². The second-order valence-corrected chi connectivity index (χ2v) is 6.76. The zero-order valence-electron chi connectivity index (χ0n) is 12.7. The molecule has 0 aromatic carbocycles. The molecule has 0 rings (SSSR count). The van der Waals surface area contributed by atoms with Crippen molar-refractivity contribution in [1.82, 2.24) is 0 Å². The van der Waals surface area contributed by atoms with Crippen LogP contribution in [0.5, 0.6) is 0 Å². The van der Waals surface area contributed by atoms with Crippen molar-refractivity contribution in [2.75, 3.05) is 0 Å². The molecule has 0 saturated carbocycles. The molecule has 1 radical (unpaired) electrons. The summed E-state index contributed by atoms with van der Waals surface area (Å²) in [4.78, 5) is 0. The van der Waals surface area contributed by atoms with Crippen LogP contribution >= 0.6 is 0 Å². The van der Waals surface area contributed by atoms with Crippen LogP contribution in [0, 0.1) is 29.6 Å². The molecule has 0 fully saturated rings. The summed E-state index contributed by atoms with van der Waals surface area (Å²) in [6.45, 7) is 20.8. The molecule has 0 aliphatic rings. The lowest BCUT2D eigenvalue weighted by Gasteiger charge is -2.38. The molecule has 0 aliphatic heterocycles. The summed E-state index contributed by atoms with van der Waals surface area (Å²) in [6, 6.07) is 0. The van der Waals surface area contributed by atoms with Crippen LogP contribution in [0.2, 0.25) is 0 Å². The third-order valence-corrected chi connectivity index (χ3v) is 5.14. The Morgan fingerprint density at radius 3 is 1.81 bits per heavy atom. The molecule has 0 bridgehead atoms. The molecule has 0 heterocycles. The van der Waals surface area contributed by atoms with Gasteiger partial charge in [0, 0.05) is 0 Å². The van der Waals surface area contributed by atoms with Gasteiger partial charge in [-0.25, -0.2) is 0 Å². The minimum Gasteiger partial charge on any atom is -0.0651 e. The Balaban J connectivity index is 4.42. The molecule has 0 nitrogen and oxygen atoms in total. The lowest BCUT2D eigenvalue weighted by molar-refractivity contribution is 0.131. The molecule has 0 aromatic heterocycles. The van der Waals surface area contributed by atoms with Crippen molar-refractivity contribution < 1.29 is 0 Å². The van der Waals surface area contributed by atoms with Crippen molar-refractivity contribution in [3.8, 4) is 0 Å². The van der Waals surface area contributed by atoms with Crippen LogP contribution < -0.4 is 0 Å². The van der Waals surface area contributed by atoms with Gasteiger partial charge in [0.2, 0.25) is 0 Å². The molecule has 0 aliphatic carbocycles. The fourth-order valence-electron chi connectivity index (χ4n) is 2.24. The van der Waals surface area contributed by atoms with Crippen molar-refractivity contribution in [3.63, 3.8) is 0 Å². The van der Waals surface area contributed by atoms with Crippen LogP contribution in [0.1, 0.15) is 74.1 Å². The fourth-order valence-corrected chi connectivity index (χ4v) is 2.24. The summed E-state index contributed by atoms with van der Waals surface area (Å²) in [7, 11) is 0. The second-order valence-electron chi connectivity index (χ2n) is 6.76. The van der Waals surface area contributed by atoms with Crippen molar-refractivity contribution in [3.05, 3.63) is 6.92 Å². The van der Waals surface area contributed by atoms with Crippen LogP contribution in [0.4, 0.5) is 0 Å². The Hall–Kier alpha value is 0. The quantitative estimate of drug-likeness (QED) is 0.519. The second kappa shape index (κ2) is 6.07. The molecule has 0 spiro atoms. The average Bonchev–Trinajstić information content (AvgIpc) is 2.24. The smallest absolute Gasteiger partial charge is 0.0305 e. The Morgan fingerprint density at radius 1 is 1.00 bits per heavy atom. The maximum Gasteiger partial charge on any atom is -0.0305 e. The SMILES string of the molecule is [CH2]C(CC)C(C)(C)CCC(C)(CC)C(C)C. The van der Waals surface area contributed by atoms with Crippen LogP contribution in [0.3, 0.4) is 0 Å². The normalized spacial score (nSPS) is 18.6. The van der Waals surface area contributed by atoms with E-state index >= 15 is 0 Å². The monoisotopic (exact) mass is 225 g/mol. The Labute approximate surface area is 104 Å². The molecule has 2 unspecified atom stereocenters. The highest BCUT2D eigenvalue weighted by Gasteiger charge is 2.31. The van der Waals surface area contributed by atoms with E-state index in [4.69, 9.17) is 0 Å². The Kier molecular flexibility index (Phi) is 6.07. The van der Waals surface area contributed by atoms with Crippen LogP contribution in [0.15, 0.2) is 0 Å². The van der Waals surface area contributed by atoms with Gasteiger partial charge in [-0.3, -0.25) is 0 Å². The molecule has 0 saturated heterocycles. The van der Waals surface area contributed by atoms with Crippen LogP contribution in [-0.2, 0) is 0 Å². The van der Waals surface area contributed by atoms with E-state index in [-0.39, 0.29) is 0 Å². The molecule has 97 valence electrons. The van der Waals surface area contributed by atoms with Crippen molar-refractivity contribution in [2.45, 2.75) is 74.1 Å². The van der Waals surface area contributed by atoms with Gasteiger partial charge >= 0.3 is 0 Å². The van der Waals surface area contributed by atoms with Crippen molar-refractivity contribution >= 4 is 0 Å². The molecule has 2 atom stereocenters.